The maximum absolute atomic E-state index is 12.3. The third-order valence-electron chi connectivity index (χ3n) is 4.86. The second kappa shape index (κ2) is 8.72. The quantitative estimate of drug-likeness (QED) is 0.802. The van der Waals surface area contributed by atoms with Crippen LogP contribution in [0, 0.1) is 0 Å². The number of likely N-dealkylation sites (N-methyl/N-ethyl adjacent to an activating group) is 1. The predicted molar refractivity (Wildman–Crippen MR) is 106 cm³/mol. The van der Waals surface area contributed by atoms with Crippen molar-refractivity contribution in [3.63, 3.8) is 0 Å². The van der Waals surface area contributed by atoms with Gasteiger partial charge in [-0.15, -0.1) is 0 Å². The van der Waals surface area contributed by atoms with E-state index < -0.39 is 0 Å². The number of anilines is 2. The lowest BCUT2D eigenvalue weighted by Gasteiger charge is -2.23. The molecule has 2 aromatic carbocycles. The molecule has 2 N–H and O–H groups in total. The highest BCUT2D eigenvalue weighted by Crippen LogP contribution is 2.25. The van der Waals surface area contributed by atoms with Crippen LogP contribution in [0.1, 0.15) is 12.0 Å². The van der Waals surface area contributed by atoms with Crippen molar-refractivity contribution in [1.82, 2.24) is 4.90 Å². The maximum atomic E-state index is 12.3. The molecule has 2 aromatic rings. The summed E-state index contributed by atoms with van der Waals surface area (Å²) in [5.41, 5.74) is 3.34. The van der Waals surface area contributed by atoms with Crippen molar-refractivity contribution in [3.8, 4) is 0 Å². The minimum Gasteiger partial charge on any atom is -0.391 e. The molecule has 5 nitrogen and oxygen atoms in total. The molecular formula is C21H27N3O2. The summed E-state index contributed by atoms with van der Waals surface area (Å²) in [6.45, 7) is 2.53. The zero-order chi connectivity index (χ0) is 18.4. The Bertz CT molecular complexity index is 720. The average Bonchev–Trinajstić information content (AvgIpc) is 3.11. The normalized spacial score (nSPS) is 16.5. The van der Waals surface area contributed by atoms with Crippen molar-refractivity contribution in [2.24, 2.45) is 0 Å². The van der Waals surface area contributed by atoms with Crippen LogP contribution in [0.5, 0.6) is 0 Å². The molecule has 0 spiro atoms. The van der Waals surface area contributed by atoms with E-state index in [4.69, 9.17) is 0 Å². The fourth-order valence-electron chi connectivity index (χ4n) is 3.27. The van der Waals surface area contributed by atoms with Crippen LogP contribution < -0.4 is 10.2 Å². The van der Waals surface area contributed by atoms with E-state index in [1.54, 1.807) is 4.90 Å². The number of hydrogen-bond acceptors (Lipinski definition) is 4. The van der Waals surface area contributed by atoms with Gasteiger partial charge >= 0.3 is 0 Å². The molecule has 3 rings (SSSR count). The molecular weight excluding hydrogens is 326 g/mol. The van der Waals surface area contributed by atoms with Gasteiger partial charge in [-0.1, -0.05) is 36.4 Å². The molecule has 1 heterocycles. The SMILES string of the molecule is CN(CCc1ccccc1N1CC[C@H](O)C1)C(=O)CNc1ccccc1. The van der Waals surface area contributed by atoms with E-state index in [-0.39, 0.29) is 12.0 Å². The van der Waals surface area contributed by atoms with Crippen LogP contribution in [-0.2, 0) is 11.2 Å². The lowest BCUT2D eigenvalue weighted by Crippen LogP contribution is -2.34. The summed E-state index contributed by atoms with van der Waals surface area (Å²) < 4.78 is 0. The number of carbonyl (C=O) groups is 1. The van der Waals surface area contributed by atoms with Crippen molar-refractivity contribution in [2.45, 2.75) is 18.9 Å². The van der Waals surface area contributed by atoms with E-state index in [9.17, 15) is 9.90 Å². The Morgan fingerprint density at radius 2 is 1.92 bits per heavy atom. The Labute approximate surface area is 155 Å². The molecule has 1 aliphatic heterocycles. The Kier molecular flexibility index (Phi) is 6.12. The molecule has 1 atom stereocenters. The van der Waals surface area contributed by atoms with E-state index in [0.29, 0.717) is 19.6 Å². The van der Waals surface area contributed by atoms with Crippen LogP contribution in [-0.4, -0.2) is 55.2 Å². The van der Waals surface area contributed by atoms with Crippen LogP contribution >= 0.6 is 0 Å². The zero-order valence-electron chi connectivity index (χ0n) is 15.3. The summed E-state index contributed by atoms with van der Waals surface area (Å²) in [6, 6.07) is 18.0. The van der Waals surface area contributed by atoms with Crippen molar-refractivity contribution >= 4 is 17.3 Å². The first-order chi connectivity index (χ1) is 12.6. The van der Waals surface area contributed by atoms with Gasteiger partial charge in [-0.3, -0.25) is 4.79 Å². The summed E-state index contributed by atoms with van der Waals surface area (Å²) in [7, 11) is 1.84. The van der Waals surface area contributed by atoms with Gasteiger partial charge in [-0.2, -0.15) is 0 Å². The Morgan fingerprint density at radius 3 is 2.65 bits per heavy atom. The van der Waals surface area contributed by atoms with E-state index in [0.717, 1.165) is 25.1 Å². The number of nitrogens with one attached hydrogen (secondary N) is 1. The predicted octanol–water partition coefficient (Wildman–Crippen LogP) is 2.37. The third-order valence-corrected chi connectivity index (χ3v) is 4.86. The lowest BCUT2D eigenvalue weighted by molar-refractivity contribution is -0.127. The monoisotopic (exact) mass is 353 g/mol. The Balaban J connectivity index is 1.52. The lowest BCUT2D eigenvalue weighted by atomic mass is 10.1. The van der Waals surface area contributed by atoms with Gasteiger partial charge < -0.3 is 20.2 Å². The number of nitrogens with zero attached hydrogens (tertiary/aromatic N) is 2. The third kappa shape index (κ3) is 4.76. The first-order valence-corrected chi connectivity index (χ1v) is 9.17. The van der Waals surface area contributed by atoms with Gasteiger partial charge in [0.25, 0.3) is 0 Å². The molecule has 0 saturated carbocycles. The van der Waals surface area contributed by atoms with E-state index in [1.165, 1.54) is 11.3 Å². The summed E-state index contributed by atoms with van der Waals surface area (Å²) >= 11 is 0. The fraction of sp³-hybridized carbons (Fsp3) is 0.381. The smallest absolute Gasteiger partial charge is 0.241 e. The Hall–Kier alpha value is -2.53. The van der Waals surface area contributed by atoms with Gasteiger partial charge in [-0.25, -0.2) is 0 Å². The highest BCUT2D eigenvalue weighted by molar-refractivity contribution is 5.80. The van der Waals surface area contributed by atoms with Gasteiger partial charge in [0, 0.05) is 38.1 Å². The van der Waals surface area contributed by atoms with Crippen molar-refractivity contribution in [3.05, 3.63) is 60.2 Å². The van der Waals surface area contributed by atoms with E-state index in [1.807, 2.05) is 49.5 Å². The highest BCUT2D eigenvalue weighted by Gasteiger charge is 2.22. The van der Waals surface area contributed by atoms with Crippen LogP contribution in [0.25, 0.3) is 0 Å². The minimum atomic E-state index is -0.239. The minimum absolute atomic E-state index is 0.0722. The second-order valence-electron chi connectivity index (χ2n) is 6.80. The van der Waals surface area contributed by atoms with Crippen LogP contribution in [0.4, 0.5) is 11.4 Å². The van der Waals surface area contributed by atoms with E-state index >= 15 is 0 Å². The molecule has 0 aliphatic carbocycles. The van der Waals surface area contributed by atoms with Crippen LogP contribution in [0.2, 0.25) is 0 Å². The standard InChI is InChI=1S/C21H27N3O2/c1-23(21(26)15-22-18-8-3-2-4-9-18)13-11-17-7-5-6-10-20(17)24-14-12-19(25)16-24/h2-10,19,22,25H,11-16H2,1H3/t19-/m0/s1. The van der Waals surface area contributed by atoms with Crippen LogP contribution in [0.3, 0.4) is 0 Å². The maximum Gasteiger partial charge on any atom is 0.241 e. The summed E-state index contributed by atoms with van der Waals surface area (Å²) in [5.74, 6) is 0.0722. The number of benzene rings is 2. The number of aliphatic hydroxyl groups excluding tert-OH is 1. The number of para-hydroxylation sites is 2. The van der Waals surface area contributed by atoms with Gasteiger partial charge in [-0.05, 0) is 36.6 Å². The van der Waals surface area contributed by atoms with Crippen molar-refractivity contribution in [2.75, 3.05) is 43.4 Å². The zero-order valence-corrected chi connectivity index (χ0v) is 15.3. The Morgan fingerprint density at radius 1 is 1.19 bits per heavy atom. The number of aliphatic hydroxyl groups is 1. The molecule has 1 fully saturated rings. The summed E-state index contributed by atoms with van der Waals surface area (Å²) in [5, 5.41) is 13.0. The largest absolute Gasteiger partial charge is 0.391 e. The number of hydrogen-bond donors (Lipinski definition) is 2. The topological polar surface area (TPSA) is 55.8 Å². The first kappa shape index (κ1) is 18.3. The summed E-state index contributed by atoms with van der Waals surface area (Å²) in [6.07, 6.45) is 1.38. The van der Waals surface area contributed by atoms with Gasteiger partial charge in [0.1, 0.15) is 0 Å². The van der Waals surface area contributed by atoms with Gasteiger partial charge in [0.05, 0.1) is 12.6 Å². The number of β-amino-alcohol motifs (C(OH)–C–C–N with tert-alkyl or cyclic N) is 1. The second-order valence-corrected chi connectivity index (χ2v) is 6.80. The number of amides is 1. The number of rotatable bonds is 7. The van der Waals surface area contributed by atoms with Gasteiger partial charge in [0.2, 0.25) is 5.91 Å². The molecule has 1 aliphatic rings. The van der Waals surface area contributed by atoms with Crippen molar-refractivity contribution < 1.29 is 9.90 Å². The molecule has 0 unspecified atom stereocenters. The van der Waals surface area contributed by atoms with E-state index in [2.05, 4.69) is 22.3 Å². The molecule has 0 bridgehead atoms. The molecule has 1 saturated heterocycles. The summed E-state index contributed by atoms with van der Waals surface area (Å²) in [4.78, 5) is 16.3. The van der Waals surface area contributed by atoms with Gasteiger partial charge in [0.15, 0.2) is 0 Å². The average molecular weight is 353 g/mol. The molecule has 26 heavy (non-hydrogen) atoms. The molecule has 5 heteroatoms. The number of carbonyl (C=O) groups excluding carboxylic acids is 1. The molecule has 138 valence electrons. The van der Waals surface area contributed by atoms with Crippen molar-refractivity contribution in [1.29, 1.82) is 0 Å². The fourth-order valence-corrected chi connectivity index (χ4v) is 3.27. The highest BCUT2D eigenvalue weighted by atomic mass is 16.3. The molecule has 0 radical (unpaired) electrons. The first-order valence-electron chi connectivity index (χ1n) is 9.17. The molecule has 0 aromatic heterocycles. The van der Waals surface area contributed by atoms with Crippen LogP contribution in [0.15, 0.2) is 54.6 Å². The molecule has 1 amide bonds.